The lowest BCUT2D eigenvalue weighted by atomic mass is 10.4. The van der Waals surface area contributed by atoms with Gasteiger partial charge >= 0.3 is 0 Å². The van der Waals surface area contributed by atoms with Gasteiger partial charge in [0.2, 0.25) is 0 Å². The van der Waals surface area contributed by atoms with Crippen LogP contribution in [0.25, 0.3) is 0 Å². The fourth-order valence-corrected chi connectivity index (χ4v) is 1.76. The monoisotopic (exact) mass is 246 g/mol. The van der Waals surface area contributed by atoms with E-state index < -0.39 is 20.2 Å². The van der Waals surface area contributed by atoms with Crippen molar-refractivity contribution >= 4 is 20.2 Å². The van der Waals surface area contributed by atoms with Crippen LogP contribution in [-0.4, -0.2) is 39.5 Å². The minimum atomic E-state index is -3.95. The molecule has 0 unspecified atom stereocenters. The maximum absolute atomic E-state index is 10.8. The zero-order valence-electron chi connectivity index (χ0n) is 7.84. The molecule has 0 spiro atoms. The first-order valence-corrected chi connectivity index (χ1v) is 7.28. The van der Waals surface area contributed by atoms with E-state index in [1.807, 2.05) is 0 Å². The first-order valence-electron chi connectivity index (χ1n) is 4.09. The smallest absolute Gasteiger partial charge is 0.267 e. The molecule has 0 aliphatic rings. The molecule has 0 fully saturated rings. The molecule has 0 aliphatic heterocycles. The molecule has 86 valence electrons. The lowest BCUT2D eigenvalue weighted by molar-refractivity contribution is 0.311. The lowest BCUT2D eigenvalue weighted by Gasteiger charge is -2.01. The van der Waals surface area contributed by atoms with Crippen molar-refractivity contribution in [1.29, 1.82) is 0 Å². The minimum absolute atomic E-state index is 0.0499. The molecule has 0 atom stereocenters. The molecule has 0 saturated heterocycles. The molecule has 0 amide bonds. The predicted molar refractivity (Wildman–Crippen MR) is 51.1 cm³/mol. The van der Waals surface area contributed by atoms with Gasteiger partial charge in [0.05, 0.1) is 18.1 Å². The zero-order chi connectivity index (χ0) is 11.2. The Morgan fingerprint density at radius 2 is 1.71 bits per heavy atom. The van der Waals surface area contributed by atoms with E-state index in [0.29, 0.717) is 0 Å². The molecule has 14 heavy (non-hydrogen) atoms. The molecule has 0 aromatic rings. The Balaban J connectivity index is 3.59. The summed E-state index contributed by atoms with van der Waals surface area (Å²) in [7, 11) is -7.40. The zero-order valence-corrected chi connectivity index (χ0v) is 9.47. The van der Waals surface area contributed by atoms with Crippen LogP contribution >= 0.6 is 0 Å². The average Bonchev–Trinajstić information content (AvgIpc) is 2.01. The second-order valence-electron chi connectivity index (χ2n) is 2.66. The van der Waals surface area contributed by atoms with Crippen LogP contribution in [0.5, 0.6) is 0 Å². The van der Waals surface area contributed by atoms with Crippen LogP contribution in [0.2, 0.25) is 0 Å². The van der Waals surface area contributed by atoms with Gasteiger partial charge in [-0.05, 0) is 19.8 Å². The number of unbranched alkanes of at least 4 members (excludes halogenated alkanes) is 1. The summed E-state index contributed by atoms with van der Waals surface area (Å²) < 4.78 is 54.9. The van der Waals surface area contributed by atoms with Crippen molar-refractivity contribution < 1.29 is 25.6 Å². The highest BCUT2D eigenvalue weighted by Gasteiger charge is 2.07. The molecule has 8 heteroatoms. The van der Waals surface area contributed by atoms with Crippen LogP contribution in [0.15, 0.2) is 0 Å². The van der Waals surface area contributed by atoms with E-state index in [1.54, 1.807) is 0 Å². The summed E-state index contributed by atoms with van der Waals surface area (Å²) in [6.07, 6.45) is 0.455. The first-order chi connectivity index (χ1) is 6.27. The van der Waals surface area contributed by atoms with Gasteiger partial charge in [0, 0.05) is 0 Å². The summed E-state index contributed by atoms with van der Waals surface area (Å²) >= 11 is 0. The maximum atomic E-state index is 10.8. The Kier molecular flexibility index (Phi) is 5.57. The van der Waals surface area contributed by atoms with Crippen LogP contribution in [0.1, 0.15) is 19.8 Å². The number of hydrogen-bond acceptors (Lipinski definition) is 5. The molecule has 0 heterocycles. The highest BCUT2D eigenvalue weighted by Crippen LogP contribution is 1.98. The van der Waals surface area contributed by atoms with Crippen molar-refractivity contribution in [3.63, 3.8) is 0 Å². The van der Waals surface area contributed by atoms with Gasteiger partial charge in [-0.15, -0.1) is 0 Å². The van der Waals surface area contributed by atoms with Gasteiger partial charge < -0.3 is 0 Å². The van der Waals surface area contributed by atoms with Crippen LogP contribution in [0.4, 0.5) is 0 Å². The molecule has 0 saturated carbocycles. The van der Waals surface area contributed by atoms with E-state index >= 15 is 0 Å². The quantitative estimate of drug-likeness (QED) is 0.386. The van der Waals surface area contributed by atoms with Gasteiger partial charge in [-0.3, -0.25) is 8.74 Å². The summed E-state index contributed by atoms with van der Waals surface area (Å²) in [6, 6.07) is 0. The van der Waals surface area contributed by atoms with Gasteiger partial charge in [0.15, 0.2) is 0 Å². The van der Waals surface area contributed by atoms with Crippen LogP contribution in [0, 0.1) is 0 Å². The Bertz CT molecular complexity index is 341. The molecular formula is C6H14O6S2. The summed E-state index contributed by atoms with van der Waals surface area (Å²) in [4.78, 5) is 0. The fraction of sp³-hybridized carbons (Fsp3) is 1.00. The molecule has 0 aliphatic carbocycles. The fourth-order valence-electron chi connectivity index (χ4n) is 0.656. The van der Waals surface area contributed by atoms with E-state index in [-0.39, 0.29) is 31.0 Å². The van der Waals surface area contributed by atoms with Gasteiger partial charge in [-0.2, -0.15) is 16.8 Å². The van der Waals surface area contributed by atoms with Crippen molar-refractivity contribution in [3.05, 3.63) is 0 Å². The second kappa shape index (κ2) is 5.64. The van der Waals surface area contributed by atoms with E-state index in [9.17, 15) is 16.8 Å². The predicted octanol–water partition coefficient (Wildman–Crippen LogP) is 0.0207. The van der Waals surface area contributed by atoms with Gasteiger partial charge in [-0.25, -0.2) is 0 Å². The van der Waals surface area contributed by atoms with Crippen molar-refractivity contribution in [2.75, 3.05) is 18.1 Å². The van der Waals surface area contributed by atoms with Crippen molar-refractivity contribution in [3.8, 4) is 0 Å². The van der Waals surface area contributed by atoms with E-state index in [4.69, 9.17) is 4.55 Å². The molecule has 0 aromatic heterocycles. The molecule has 0 radical (unpaired) electrons. The maximum Gasteiger partial charge on any atom is 0.267 e. The van der Waals surface area contributed by atoms with Gasteiger partial charge in [-0.1, -0.05) is 0 Å². The highest BCUT2D eigenvalue weighted by atomic mass is 32.2. The Hall–Kier alpha value is -0.180. The van der Waals surface area contributed by atoms with E-state index in [1.165, 1.54) is 6.92 Å². The first kappa shape index (κ1) is 13.8. The van der Waals surface area contributed by atoms with E-state index in [0.717, 1.165) is 0 Å². The number of hydrogen-bond donors (Lipinski definition) is 1. The van der Waals surface area contributed by atoms with Crippen LogP contribution < -0.4 is 0 Å². The minimum Gasteiger partial charge on any atom is -0.286 e. The van der Waals surface area contributed by atoms with Crippen molar-refractivity contribution in [1.82, 2.24) is 0 Å². The molecular weight excluding hydrogens is 232 g/mol. The largest absolute Gasteiger partial charge is 0.286 e. The molecule has 6 nitrogen and oxygen atoms in total. The number of rotatable bonds is 7. The SMILES string of the molecule is CCS(=O)(=O)OCCCCS(=O)(=O)O. The lowest BCUT2D eigenvalue weighted by Crippen LogP contribution is -2.10. The Labute approximate surface area is 84.1 Å². The summed E-state index contributed by atoms with van der Waals surface area (Å²) in [5.41, 5.74) is 0. The van der Waals surface area contributed by atoms with Gasteiger partial charge in [0.1, 0.15) is 0 Å². The third kappa shape index (κ3) is 8.42. The molecule has 0 rings (SSSR count). The second-order valence-corrected chi connectivity index (χ2v) is 6.16. The van der Waals surface area contributed by atoms with Crippen LogP contribution in [-0.2, 0) is 24.4 Å². The normalized spacial score (nSPS) is 13.0. The Morgan fingerprint density at radius 3 is 2.14 bits per heavy atom. The summed E-state index contributed by atoms with van der Waals surface area (Å²) in [5.74, 6) is -0.478. The highest BCUT2D eigenvalue weighted by molar-refractivity contribution is 7.86. The van der Waals surface area contributed by atoms with Gasteiger partial charge in [0.25, 0.3) is 20.2 Å². The topological polar surface area (TPSA) is 97.7 Å². The third-order valence-electron chi connectivity index (χ3n) is 1.41. The van der Waals surface area contributed by atoms with E-state index in [2.05, 4.69) is 4.18 Å². The standard InChI is InChI=1S/C6H14O6S2/c1-2-14(10,11)12-5-3-4-6-13(7,8)9/h2-6H2,1H3,(H,7,8,9). The molecule has 1 N–H and O–H groups in total. The molecule has 0 aromatic carbocycles. The molecule has 0 bridgehead atoms. The Morgan fingerprint density at radius 1 is 1.14 bits per heavy atom. The summed E-state index contributed by atoms with van der Waals surface area (Å²) in [6.45, 7) is 1.40. The van der Waals surface area contributed by atoms with Crippen molar-refractivity contribution in [2.24, 2.45) is 0 Å². The average molecular weight is 246 g/mol. The van der Waals surface area contributed by atoms with Crippen molar-refractivity contribution in [2.45, 2.75) is 19.8 Å². The van der Waals surface area contributed by atoms with Crippen LogP contribution in [0.3, 0.4) is 0 Å². The third-order valence-corrected chi connectivity index (χ3v) is 3.45. The summed E-state index contributed by atoms with van der Waals surface area (Å²) in [5, 5.41) is 0.